The molecule has 0 spiro atoms. The van der Waals surface area contributed by atoms with E-state index in [-0.39, 0.29) is 12.6 Å². The van der Waals surface area contributed by atoms with Gasteiger partial charge in [-0.25, -0.2) is 17.6 Å². The van der Waals surface area contributed by atoms with Gasteiger partial charge < -0.3 is 14.5 Å². The van der Waals surface area contributed by atoms with Crippen molar-refractivity contribution in [3.05, 3.63) is 51.1 Å². The summed E-state index contributed by atoms with van der Waals surface area (Å²) < 4.78 is 57.8. The number of imidazole rings is 1. The van der Waals surface area contributed by atoms with E-state index in [4.69, 9.17) is 12.2 Å². The second-order valence-corrected chi connectivity index (χ2v) is 7.79. The van der Waals surface area contributed by atoms with Crippen molar-refractivity contribution in [1.82, 2.24) is 14.5 Å². The van der Waals surface area contributed by atoms with Crippen molar-refractivity contribution in [2.75, 3.05) is 19.6 Å². The molecule has 1 fully saturated rings. The number of rotatable bonds is 5. The van der Waals surface area contributed by atoms with E-state index in [0.29, 0.717) is 11.2 Å². The SMILES string of the molecule is Fc1cc(F)c(F)c(C2Cc3c(CCCN4CCCC4)[nH]c(=S)n3C2)c1F. The Morgan fingerprint density at radius 2 is 1.74 bits per heavy atom. The van der Waals surface area contributed by atoms with Crippen LogP contribution in [0.5, 0.6) is 0 Å². The van der Waals surface area contributed by atoms with Gasteiger partial charge in [0, 0.05) is 35.5 Å². The van der Waals surface area contributed by atoms with Gasteiger partial charge in [-0.3, -0.25) is 0 Å². The number of nitrogens with zero attached hydrogens (tertiary/aromatic N) is 2. The number of hydrogen-bond acceptors (Lipinski definition) is 2. The van der Waals surface area contributed by atoms with E-state index in [0.717, 1.165) is 43.9 Å². The molecule has 0 aliphatic carbocycles. The molecule has 3 nitrogen and oxygen atoms in total. The molecule has 4 rings (SSSR count). The lowest BCUT2D eigenvalue weighted by Crippen LogP contribution is -2.20. The van der Waals surface area contributed by atoms with E-state index in [2.05, 4.69) is 9.88 Å². The van der Waals surface area contributed by atoms with Crippen LogP contribution in [-0.2, 0) is 19.4 Å². The smallest absolute Gasteiger partial charge is 0.177 e. The Balaban J connectivity index is 1.53. The van der Waals surface area contributed by atoms with Gasteiger partial charge in [0.15, 0.2) is 28.0 Å². The Morgan fingerprint density at radius 3 is 2.41 bits per heavy atom. The number of benzene rings is 1. The molecular formula is C19H21F4N3S. The molecule has 0 saturated carbocycles. The molecule has 2 aliphatic rings. The van der Waals surface area contributed by atoms with Gasteiger partial charge in [0.1, 0.15) is 0 Å². The molecule has 1 unspecified atom stereocenters. The van der Waals surface area contributed by atoms with Gasteiger partial charge in [-0.05, 0) is 64.0 Å². The maximum atomic E-state index is 14.2. The Hall–Kier alpha value is -1.67. The van der Waals surface area contributed by atoms with Crippen LogP contribution in [0.2, 0.25) is 0 Å². The topological polar surface area (TPSA) is 24.0 Å². The zero-order chi connectivity index (χ0) is 19.1. The number of hydrogen-bond donors (Lipinski definition) is 1. The summed E-state index contributed by atoms with van der Waals surface area (Å²) in [5, 5.41) is 0. The molecule has 1 atom stereocenters. The van der Waals surface area contributed by atoms with E-state index in [1.54, 1.807) is 4.57 Å². The maximum Gasteiger partial charge on any atom is 0.177 e. The number of aryl methyl sites for hydroxylation is 1. The number of likely N-dealkylation sites (tertiary alicyclic amines) is 1. The molecule has 1 aromatic heterocycles. The van der Waals surface area contributed by atoms with Crippen molar-refractivity contribution in [3.8, 4) is 0 Å². The van der Waals surface area contributed by atoms with Crippen molar-refractivity contribution in [1.29, 1.82) is 0 Å². The van der Waals surface area contributed by atoms with Crippen LogP contribution in [0.15, 0.2) is 6.07 Å². The minimum atomic E-state index is -1.36. The molecule has 0 bridgehead atoms. The first-order valence-electron chi connectivity index (χ1n) is 9.31. The Morgan fingerprint density at radius 1 is 1.07 bits per heavy atom. The lowest BCUT2D eigenvalue weighted by Gasteiger charge is -2.14. The van der Waals surface area contributed by atoms with Crippen LogP contribution in [0, 0.1) is 28.0 Å². The number of nitrogens with one attached hydrogen (secondary N) is 1. The third-order valence-corrected chi connectivity index (χ3v) is 6.00. The number of halogens is 4. The fraction of sp³-hybridized carbons (Fsp3) is 0.526. The molecule has 2 aromatic rings. The molecular weight excluding hydrogens is 378 g/mol. The summed E-state index contributed by atoms with van der Waals surface area (Å²) in [6, 6.07) is 0.249. The molecule has 1 aromatic carbocycles. The summed E-state index contributed by atoms with van der Waals surface area (Å²) in [4.78, 5) is 5.61. The van der Waals surface area contributed by atoms with Crippen molar-refractivity contribution < 1.29 is 17.6 Å². The molecule has 0 amide bonds. The van der Waals surface area contributed by atoms with Gasteiger partial charge in [-0.1, -0.05) is 0 Å². The number of H-pyrrole nitrogens is 1. The van der Waals surface area contributed by atoms with Crippen molar-refractivity contribution in [3.63, 3.8) is 0 Å². The van der Waals surface area contributed by atoms with Gasteiger partial charge in [-0.2, -0.15) is 0 Å². The van der Waals surface area contributed by atoms with E-state index in [9.17, 15) is 17.6 Å². The standard InChI is InChI=1S/C19H21F4N3S/c20-12-9-13(21)18(23)16(17(12)22)11-8-15-14(24-19(27)26(15)10-11)4-3-7-25-5-1-2-6-25/h9,11H,1-8,10H2,(H,24,27). The first-order chi connectivity index (χ1) is 13.0. The summed E-state index contributed by atoms with van der Waals surface area (Å²) in [5.41, 5.74) is 1.32. The molecule has 2 aliphatic heterocycles. The summed E-state index contributed by atoms with van der Waals surface area (Å²) >= 11 is 5.34. The first-order valence-corrected chi connectivity index (χ1v) is 9.72. The number of aromatic nitrogens is 2. The second kappa shape index (κ2) is 7.39. The zero-order valence-corrected chi connectivity index (χ0v) is 15.6. The van der Waals surface area contributed by atoms with Crippen LogP contribution >= 0.6 is 12.2 Å². The Bertz CT molecular complexity index is 888. The Labute approximate surface area is 160 Å². The highest BCUT2D eigenvalue weighted by Crippen LogP contribution is 2.36. The molecule has 146 valence electrons. The van der Waals surface area contributed by atoms with Crippen molar-refractivity contribution in [2.45, 2.75) is 44.6 Å². The third kappa shape index (κ3) is 3.45. The van der Waals surface area contributed by atoms with Crippen LogP contribution in [0.4, 0.5) is 17.6 Å². The molecule has 8 heteroatoms. The predicted octanol–water partition coefficient (Wildman–Crippen LogP) is 4.47. The highest BCUT2D eigenvalue weighted by molar-refractivity contribution is 7.71. The average Bonchev–Trinajstić information content (AvgIpc) is 3.34. The minimum Gasteiger partial charge on any atom is -0.334 e. The predicted molar refractivity (Wildman–Crippen MR) is 96.3 cm³/mol. The van der Waals surface area contributed by atoms with Gasteiger partial charge in [0.25, 0.3) is 0 Å². The highest BCUT2D eigenvalue weighted by Gasteiger charge is 2.33. The van der Waals surface area contributed by atoms with E-state index >= 15 is 0 Å². The first kappa shape index (κ1) is 18.7. The van der Waals surface area contributed by atoms with Gasteiger partial charge >= 0.3 is 0 Å². The molecule has 3 heterocycles. The van der Waals surface area contributed by atoms with E-state index < -0.39 is 34.8 Å². The monoisotopic (exact) mass is 399 g/mol. The molecule has 27 heavy (non-hydrogen) atoms. The van der Waals surface area contributed by atoms with Crippen LogP contribution in [0.1, 0.15) is 42.1 Å². The van der Waals surface area contributed by atoms with Gasteiger partial charge in [0.05, 0.1) is 0 Å². The molecule has 0 radical (unpaired) electrons. The minimum absolute atomic E-state index is 0.216. The van der Waals surface area contributed by atoms with Crippen LogP contribution < -0.4 is 0 Å². The molecule has 1 saturated heterocycles. The van der Waals surface area contributed by atoms with Crippen LogP contribution in [0.3, 0.4) is 0 Å². The fourth-order valence-electron chi connectivity index (χ4n) is 4.33. The van der Waals surface area contributed by atoms with Crippen LogP contribution in [0.25, 0.3) is 0 Å². The highest BCUT2D eigenvalue weighted by atomic mass is 32.1. The maximum absolute atomic E-state index is 14.2. The van der Waals surface area contributed by atoms with Gasteiger partial charge in [0.2, 0.25) is 0 Å². The average molecular weight is 399 g/mol. The lowest BCUT2D eigenvalue weighted by molar-refractivity contribution is 0.333. The third-order valence-electron chi connectivity index (χ3n) is 5.67. The summed E-state index contributed by atoms with van der Waals surface area (Å²) in [6.07, 6.45) is 4.55. The fourth-order valence-corrected chi connectivity index (χ4v) is 4.64. The quantitative estimate of drug-likeness (QED) is 0.456. The normalized spacial score (nSPS) is 19.8. The van der Waals surface area contributed by atoms with E-state index in [1.807, 2.05) is 0 Å². The van der Waals surface area contributed by atoms with Crippen molar-refractivity contribution in [2.24, 2.45) is 0 Å². The summed E-state index contributed by atoms with van der Waals surface area (Å²) in [6.45, 7) is 3.49. The van der Waals surface area contributed by atoms with Gasteiger partial charge in [-0.15, -0.1) is 0 Å². The number of fused-ring (bicyclic) bond motifs is 1. The van der Waals surface area contributed by atoms with E-state index in [1.165, 1.54) is 12.8 Å². The second-order valence-electron chi connectivity index (χ2n) is 7.40. The number of aromatic amines is 1. The summed E-state index contributed by atoms with van der Waals surface area (Å²) in [5.74, 6) is -6.02. The van der Waals surface area contributed by atoms with Crippen molar-refractivity contribution >= 4 is 12.2 Å². The largest absolute Gasteiger partial charge is 0.334 e. The molecule has 1 N–H and O–H groups in total. The van der Waals surface area contributed by atoms with Crippen LogP contribution in [-0.4, -0.2) is 34.1 Å². The summed E-state index contributed by atoms with van der Waals surface area (Å²) in [7, 11) is 0. The Kier molecular flexibility index (Phi) is 5.11. The lowest BCUT2D eigenvalue weighted by atomic mass is 9.94. The zero-order valence-electron chi connectivity index (χ0n) is 14.8.